The normalized spacial score (nSPS) is 18.0. The minimum Gasteiger partial charge on any atom is -0.419 e. The summed E-state index contributed by atoms with van der Waals surface area (Å²) >= 11 is 8.04. The van der Waals surface area contributed by atoms with Crippen molar-refractivity contribution in [2.75, 3.05) is 6.54 Å². The number of nitrogens with zero attached hydrogens (tertiary/aromatic N) is 4. The van der Waals surface area contributed by atoms with Crippen molar-refractivity contribution >= 4 is 33.2 Å². The molecule has 0 radical (unpaired) electrons. The monoisotopic (exact) mass is 410 g/mol. The van der Waals surface area contributed by atoms with Crippen LogP contribution in [0, 0.1) is 0 Å². The third kappa shape index (κ3) is 3.43. The highest BCUT2D eigenvalue weighted by Crippen LogP contribution is 2.36. The highest BCUT2D eigenvalue weighted by molar-refractivity contribution is 7.18. The second-order valence-corrected chi connectivity index (χ2v) is 8.45. The zero-order valence-corrected chi connectivity index (χ0v) is 16.8. The maximum absolute atomic E-state index is 6.26. The van der Waals surface area contributed by atoms with Gasteiger partial charge in [-0.2, -0.15) is 0 Å². The van der Waals surface area contributed by atoms with Gasteiger partial charge >= 0.3 is 0 Å². The van der Waals surface area contributed by atoms with Gasteiger partial charge in [-0.15, -0.1) is 21.5 Å². The number of aromatic nitrogens is 3. The first-order chi connectivity index (χ1) is 13.8. The summed E-state index contributed by atoms with van der Waals surface area (Å²) in [5.41, 5.74) is 1.84. The molecule has 7 heteroatoms. The number of para-hydroxylation sites is 1. The third-order valence-electron chi connectivity index (χ3n) is 5.12. The molecule has 0 bridgehead atoms. The molecule has 0 saturated carbocycles. The number of piperidine rings is 1. The van der Waals surface area contributed by atoms with Gasteiger partial charge in [0.15, 0.2) is 0 Å². The molecular formula is C21H19ClN4OS. The molecule has 0 N–H and O–H groups in total. The molecule has 0 unspecified atom stereocenters. The van der Waals surface area contributed by atoms with E-state index in [1.54, 1.807) is 11.3 Å². The van der Waals surface area contributed by atoms with Crippen LogP contribution in [0.4, 0.5) is 0 Å². The Labute approximate surface area is 172 Å². The van der Waals surface area contributed by atoms with Crippen molar-refractivity contribution in [2.24, 2.45) is 0 Å². The first-order valence-corrected chi connectivity index (χ1v) is 10.6. The van der Waals surface area contributed by atoms with E-state index >= 15 is 0 Å². The number of hydrogen-bond acceptors (Lipinski definition) is 6. The zero-order chi connectivity index (χ0) is 18.9. The Bertz CT molecular complexity index is 1080. The Morgan fingerprint density at radius 2 is 1.93 bits per heavy atom. The van der Waals surface area contributed by atoms with Crippen LogP contribution in [0.3, 0.4) is 0 Å². The van der Waals surface area contributed by atoms with Gasteiger partial charge in [-0.05, 0) is 43.7 Å². The Morgan fingerprint density at radius 3 is 2.82 bits per heavy atom. The second kappa shape index (κ2) is 7.62. The first kappa shape index (κ1) is 17.8. The molecule has 1 aliphatic heterocycles. The number of rotatable bonds is 4. The van der Waals surface area contributed by atoms with E-state index in [1.807, 2.05) is 30.3 Å². The van der Waals surface area contributed by atoms with Gasteiger partial charge in [0.2, 0.25) is 11.8 Å². The summed E-state index contributed by atoms with van der Waals surface area (Å²) in [7, 11) is 0. The van der Waals surface area contributed by atoms with Crippen molar-refractivity contribution in [3.8, 4) is 11.5 Å². The predicted octanol–water partition coefficient (Wildman–Crippen LogP) is 5.73. The Kier molecular flexibility index (Phi) is 4.84. The molecule has 0 amide bonds. The fourth-order valence-electron chi connectivity index (χ4n) is 3.73. The molecular weight excluding hydrogens is 392 g/mol. The van der Waals surface area contributed by atoms with Crippen LogP contribution in [0.25, 0.3) is 21.7 Å². The Hall–Kier alpha value is -2.28. The van der Waals surface area contributed by atoms with Crippen LogP contribution >= 0.6 is 22.9 Å². The van der Waals surface area contributed by atoms with E-state index in [4.69, 9.17) is 21.0 Å². The zero-order valence-electron chi connectivity index (χ0n) is 15.2. The molecule has 4 aromatic rings. The number of halogens is 1. The van der Waals surface area contributed by atoms with Crippen LogP contribution < -0.4 is 0 Å². The van der Waals surface area contributed by atoms with E-state index in [-0.39, 0.29) is 0 Å². The van der Waals surface area contributed by atoms with Crippen molar-refractivity contribution < 1.29 is 4.42 Å². The highest BCUT2D eigenvalue weighted by atomic mass is 35.5. The maximum Gasteiger partial charge on any atom is 0.249 e. The van der Waals surface area contributed by atoms with E-state index < -0.39 is 0 Å². The van der Waals surface area contributed by atoms with Crippen molar-refractivity contribution in [1.29, 1.82) is 0 Å². The summed E-state index contributed by atoms with van der Waals surface area (Å²) in [6, 6.07) is 16.1. The summed E-state index contributed by atoms with van der Waals surface area (Å²) < 4.78 is 7.17. The average molecular weight is 411 g/mol. The summed E-state index contributed by atoms with van der Waals surface area (Å²) in [6.45, 7) is 1.63. The lowest BCUT2D eigenvalue weighted by Crippen LogP contribution is -2.33. The van der Waals surface area contributed by atoms with Crippen LogP contribution in [0.5, 0.6) is 0 Å². The molecule has 0 spiro atoms. The summed E-state index contributed by atoms with van der Waals surface area (Å²) in [5.74, 6) is 1.08. The lowest BCUT2D eigenvalue weighted by molar-refractivity contribution is 0.128. The molecule has 1 atom stereocenters. The van der Waals surface area contributed by atoms with Crippen LogP contribution in [0.1, 0.15) is 36.2 Å². The van der Waals surface area contributed by atoms with E-state index in [0.717, 1.165) is 24.0 Å². The number of thiazole rings is 1. The number of likely N-dealkylation sites (tertiary alicyclic amines) is 1. The van der Waals surface area contributed by atoms with Gasteiger partial charge in [0, 0.05) is 0 Å². The molecule has 2 aromatic carbocycles. The largest absolute Gasteiger partial charge is 0.419 e. The molecule has 5 rings (SSSR count). The Morgan fingerprint density at radius 1 is 1.07 bits per heavy atom. The molecule has 142 valence electrons. The van der Waals surface area contributed by atoms with Gasteiger partial charge in [0.25, 0.3) is 0 Å². The average Bonchev–Trinajstić information content (AvgIpc) is 3.35. The lowest BCUT2D eigenvalue weighted by atomic mass is 10.0. The topological polar surface area (TPSA) is 55.1 Å². The first-order valence-electron chi connectivity index (χ1n) is 9.45. The quantitative estimate of drug-likeness (QED) is 0.430. The van der Waals surface area contributed by atoms with E-state index in [0.29, 0.717) is 29.4 Å². The smallest absolute Gasteiger partial charge is 0.249 e. The van der Waals surface area contributed by atoms with Crippen molar-refractivity contribution in [3.63, 3.8) is 0 Å². The minimum atomic E-state index is 0.293. The SMILES string of the molecule is Clc1ccccc1-c1nnc(CN2CCCC[C@H]2c2nc3ccccc3s2)o1. The molecule has 2 aromatic heterocycles. The van der Waals surface area contributed by atoms with Crippen LogP contribution in [0.15, 0.2) is 52.9 Å². The number of hydrogen-bond donors (Lipinski definition) is 0. The number of fused-ring (bicyclic) bond motifs is 1. The fraction of sp³-hybridized carbons (Fsp3) is 0.286. The maximum atomic E-state index is 6.26. The molecule has 1 aliphatic rings. The van der Waals surface area contributed by atoms with Gasteiger partial charge in [0.1, 0.15) is 5.01 Å². The molecule has 1 saturated heterocycles. The van der Waals surface area contributed by atoms with Crippen LogP contribution in [-0.4, -0.2) is 26.6 Å². The predicted molar refractivity (Wildman–Crippen MR) is 111 cm³/mol. The highest BCUT2D eigenvalue weighted by Gasteiger charge is 2.28. The van der Waals surface area contributed by atoms with Gasteiger partial charge in [-0.3, -0.25) is 4.90 Å². The fourth-order valence-corrected chi connectivity index (χ4v) is 5.08. The summed E-state index contributed by atoms with van der Waals surface area (Å²) in [4.78, 5) is 7.29. The molecule has 1 fully saturated rings. The number of benzene rings is 2. The van der Waals surface area contributed by atoms with Crippen molar-refractivity contribution in [3.05, 3.63) is 64.5 Å². The standard InChI is InChI=1S/C21H19ClN4OS/c22-15-8-2-1-7-14(15)20-25-24-19(27-20)13-26-12-6-5-10-17(26)21-23-16-9-3-4-11-18(16)28-21/h1-4,7-9,11,17H,5-6,10,12-13H2/t17-/m0/s1. The van der Waals surface area contributed by atoms with Gasteiger partial charge in [-0.1, -0.05) is 42.3 Å². The third-order valence-corrected chi connectivity index (χ3v) is 6.59. The molecule has 3 heterocycles. The lowest BCUT2D eigenvalue weighted by Gasteiger charge is -2.33. The van der Waals surface area contributed by atoms with E-state index in [2.05, 4.69) is 33.3 Å². The minimum absolute atomic E-state index is 0.293. The molecule has 0 aliphatic carbocycles. The van der Waals surface area contributed by atoms with Crippen molar-refractivity contribution in [1.82, 2.24) is 20.1 Å². The second-order valence-electron chi connectivity index (χ2n) is 6.98. The van der Waals surface area contributed by atoms with E-state index in [1.165, 1.54) is 22.5 Å². The molecule has 28 heavy (non-hydrogen) atoms. The van der Waals surface area contributed by atoms with Crippen molar-refractivity contribution in [2.45, 2.75) is 31.8 Å². The molecule has 5 nitrogen and oxygen atoms in total. The van der Waals surface area contributed by atoms with Gasteiger partial charge in [-0.25, -0.2) is 4.98 Å². The van der Waals surface area contributed by atoms with Crippen LogP contribution in [-0.2, 0) is 6.54 Å². The summed E-state index contributed by atoms with van der Waals surface area (Å²) in [6.07, 6.45) is 3.49. The van der Waals surface area contributed by atoms with Gasteiger partial charge in [0.05, 0.1) is 33.4 Å². The van der Waals surface area contributed by atoms with Crippen LogP contribution in [0.2, 0.25) is 5.02 Å². The summed E-state index contributed by atoms with van der Waals surface area (Å²) in [5, 5.41) is 10.3. The van der Waals surface area contributed by atoms with Gasteiger partial charge < -0.3 is 4.42 Å². The van der Waals surface area contributed by atoms with E-state index in [9.17, 15) is 0 Å². The Balaban J connectivity index is 1.39.